The lowest BCUT2D eigenvalue weighted by Crippen LogP contribution is -1.93. The van der Waals surface area contributed by atoms with Crippen molar-refractivity contribution in [1.82, 2.24) is 4.98 Å². The van der Waals surface area contributed by atoms with E-state index in [4.69, 9.17) is 0 Å². The zero-order valence-corrected chi connectivity index (χ0v) is 20.4. The van der Waals surface area contributed by atoms with Gasteiger partial charge in [-0.1, -0.05) is 88.6 Å². The highest BCUT2D eigenvalue weighted by Crippen LogP contribution is 2.35. The number of fused-ring (bicyclic) bond motifs is 3. The Morgan fingerprint density at radius 2 is 1.41 bits per heavy atom. The first-order valence-corrected chi connectivity index (χ1v) is 13.1. The molecule has 0 saturated carbocycles. The van der Waals surface area contributed by atoms with Crippen LogP contribution in [0.3, 0.4) is 0 Å². The van der Waals surface area contributed by atoms with Gasteiger partial charge in [-0.15, -0.1) is 0 Å². The number of aromatic hydroxyl groups is 1. The number of rotatable bonds is 15. The van der Waals surface area contributed by atoms with Gasteiger partial charge in [0.05, 0.1) is 5.52 Å². The lowest BCUT2D eigenvalue weighted by atomic mass is 9.97. The zero-order valence-electron chi connectivity index (χ0n) is 20.4. The van der Waals surface area contributed by atoms with Crippen molar-refractivity contribution < 1.29 is 5.11 Å². The second-order valence-electron chi connectivity index (χ2n) is 9.43. The Morgan fingerprint density at radius 3 is 2.12 bits per heavy atom. The first-order chi connectivity index (χ1) is 15.7. The Morgan fingerprint density at radius 1 is 0.781 bits per heavy atom. The smallest absolute Gasteiger partial charge is 0.119 e. The number of phenolic OH excluding ortho intramolecular Hbond substituents is 1. The van der Waals surface area contributed by atoms with Crippen molar-refractivity contribution in [2.75, 3.05) is 0 Å². The summed E-state index contributed by atoms with van der Waals surface area (Å²) in [4.78, 5) is 3.60. The summed E-state index contributed by atoms with van der Waals surface area (Å²) < 4.78 is 0. The van der Waals surface area contributed by atoms with Crippen molar-refractivity contribution in [3.8, 4) is 5.75 Å². The molecule has 2 aromatic carbocycles. The van der Waals surface area contributed by atoms with Crippen molar-refractivity contribution in [3.05, 3.63) is 53.6 Å². The van der Waals surface area contributed by atoms with Crippen LogP contribution in [-0.4, -0.2) is 10.1 Å². The Bertz CT molecular complexity index is 981. The molecule has 0 fully saturated rings. The van der Waals surface area contributed by atoms with Crippen LogP contribution in [0.15, 0.2) is 42.5 Å². The van der Waals surface area contributed by atoms with Crippen molar-refractivity contribution in [1.29, 1.82) is 0 Å². The molecule has 0 atom stereocenters. The second kappa shape index (κ2) is 13.4. The van der Waals surface area contributed by atoms with Crippen LogP contribution in [0.5, 0.6) is 5.75 Å². The molecular formula is C30H43NO. The molecule has 0 amide bonds. The highest BCUT2D eigenvalue weighted by Gasteiger charge is 2.13. The fourth-order valence-corrected chi connectivity index (χ4v) is 4.82. The van der Waals surface area contributed by atoms with Crippen LogP contribution in [-0.2, 0) is 6.42 Å². The number of aryl methyl sites for hydroxylation is 1. The highest BCUT2D eigenvalue weighted by molar-refractivity contribution is 6.09. The molecule has 1 aromatic heterocycles. The van der Waals surface area contributed by atoms with E-state index in [-0.39, 0.29) is 0 Å². The van der Waals surface area contributed by atoms with Gasteiger partial charge in [-0.3, -0.25) is 0 Å². The maximum atomic E-state index is 10.5. The van der Waals surface area contributed by atoms with E-state index in [9.17, 15) is 5.11 Å². The molecule has 3 rings (SSSR count). The summed E-state index contributed by atoms with van der Waals surface area (Å²) in [7, 11) is 0. The molecule has 0 unspecified atom stereocenters. The number of H-pyrrole nitrogens is 1. The number of hydrogen-bond acceptors (Lipinski definition) is 1. The summed E-state index contributed by atoms with van der Waals surface area (Å²) in [5, 5.41) is 12.8. The molecule has 174 valence electrons. The van der Waals surface area contributed by atoms with Gasteiger partial charge in [-0.2, -0.15) is 0 Å². The third-order valence-electron chi connectivity index (χ3n) is 6.85. The molecule has 1 heterocycles. The number of hydrogen-bond donors (Lipinski definition) is 2. The van der Waals surface area contributed by atoms with Crippen LogP contribution >= 0.6 is 0 Å². The summed E-state index contributed by atoms with van der Waals surface area (Å²) in [5.74, 6) is 0.421. The Balaban J connectivity index is 1.34. The van der Waals surface area contributed by atoms with Gasteiger partial charge in [0, 0.05) is 16.3 Å². The van der Waals surface area contributed by atoms with Gasteiger partial charge in [0.2, 0.25) is 0 Å². The predicted octanol–water partition coefficient (Wildman–Crippen LogP) is 9.53. The van der Waals surface area contributed by atoms with Gasteiger partial charge in [0.15, 0.2) is 0 Å². The van der Waals surface area contributed by atoms with Gasteiger partial charge in [-0.25, -0.2) is 0 Å². The summed E-state index contributed by atoms with van der Waals surface area (Å²) in [6.45, 7) is 4.33. The fourth-order valence-electron chi connectivity index (χ4n) is 4.82. The van der Waals surface area contributed by atoms with Crippen LogP contribution in [0.4, 0.5) is 0 Å². The van der Waals surface area contributed by atoms with Crippen LogP contribution in [0.1, 0.15) is 102 Å². The van der Waals surface area contributed by atoms with E-state index in [1.54, 1.807) is 0 Å². The molecule has 2 heteroatoms. The first-order valence-electron chi connectivity index (χ1n) is 13.1. The quantitative estimate of drug-likeness (QED) is 0.182. The highest BCUT2D eigenvalue weighted by atomic mass is 16.3. The topological polar surface area (TPSA) is 36.0 Å². The number of nitrogens with one attached hydrogen (secondary N) is 1. The van der Waals surface area contributed by atoms with E-state index >= 15 is 0 Å². The largest absolute Gasteiger partial charge is 0.508 e. The van der Waals surface area contributed by atoms with Crippen LogP contribution in [0.2, 0.25) is 0 Å². The number of benzene rings is 2. The molecule has 2 N–H and O–H groups in total. The van der Waals surface area contributed by atoms with E-state index in [0.29, 0.717) is 5.75 Å². The minimum absolute atomic E-state index is 0.421. The van der Waals surface area contributed by atoms with Gasteiger partial charge < -0.3 is 10.1 Å². The van der Waals surface area contributed by atoms with Crippen LogP contribution in [0, 0.1) is 6.92 Å². The van der Waals surface area contributed by atoms with E-state index in [1.165, 1.54) is 99.9 Å². The predicted molar refractivity (Wildman–Crippen MR) is 141 cm³/mol. The summed E-state index contributed by atoms with van der Waals surface area (Å²) >= 11 is 0. The number of aromatic amines is 1. The van der Waals surface area contributed by atoms with Gasteiger partial charge >= 0.3 is 0 Å². The number of aromatic nitrogens is 1. The minimum atomic E-state index is 0.421. The van der Waals surface area contributed by atoms with Crippen molar-refractivity contribution in [3.63, 3.8) is 0 Å². The van der Waals surface area contributed by atoms with Crippen LogP contribution < -0.4 is 0 Å². The van der Waals surface area contributed by atoms with E-state index < -0.39 is 0 Å². The van der Waals surface area contributed by atoms with Crippen LogP contribution in [0.25, 0.3) is 21.8 Å². The normalized spacial score (nSPS) is 11.9. The Labute approximate surface area is 195 Å². The van der Waals surface area contributed by atoms with Crippen molar-refractivity contribution in [2.24, 2.45) is 0 Å². The lowest BCUT2D eigenvalue weighted by Gasteiger charge is -2.10. The zero-order chi connectivity index (χ0) is 22.6. The van der Waals surface area contributed by atoms with Gasteiger partial charge in [0.1, 0.15) is 5.75 Å². The Hall–Kier alpha value is -2.22. The number of phenols is 1. The standard InChI is InChI=1S/C30H43NO/c1-3-4-5-6-7-8-9-10-11-12-13-14-15-16-17-20-25-24(2)29(32)23-27-26-21-18-19-22-28(26)31-30(25)27/h10-11,18-19,21-23,31-32H,3-9,12-17,20H2,1-2H3/b11-10+. The number of unbranched alkanes of at least 4 members (excludes halogenated alkanes) is 11. The molecule has 0 radical (unpaired) electrons. The van der Waals surface area contributed by atoms with E-state index in [2.05, 4.69) is 48.3 Å². The fraction of sp³-hybridized carbons (Fsp3) is 0.533. The number of para-hydroxylation sites is 1. The minimum Gasteiger partial charge on any atom is -0.508 e. The summed E-state index contributed by atoms with van der Waals surface area (Å²) in [5.41, 5.74) is 4.67. The third-order valence-corrected chi connectivity index (χ3v) is 6.85. The molecule has 0 aliphatic carbocycles. The first kappa shape index (κ1) is 24.4. The molecule has 32 heavy (non-hydrogen) atoms. The molecule has 0 bridgehead atoms. The molecular weight excluding hydrogens is 390 g/mol. The van der Waals surface area contributed by atoms with Crippen molar-refractivity contribution >= 4 is 21.8 Å². The maximum absolute atomic E-state index is 10.5. The SMILES string of the molecule is CCCCCCCC/C=C/CCCCCCCc1c(C)c(O)cc2c1[nH]c1ccccc12. The summed E-state index contributed by atoms with van der Waals surface area (Å²) in [6, 6.07) is 10.3. The molecule has 0 spiro atoms. The lowest BCUT2D eigenvalue weighted by molar-refractivity contribution is 0.471. The maximum Gasteiger partial charge on any atom is 0.119 e. The van der Waals surface area contributed by atoms with Crippen molar-refractivity contribution in [2.45, 2.75) is 104 Å². The summed E-state index contributed by atoms with van der Waals surface area (Å²) in [6.07, 6.45) is 23.0. The second-order valence-corrected chi connectivity index (χ2v) is 9.43. The monoisotopic (exact) mass is 433 g/mol. The molecule has 0 aliphatic rings. The van der Waals surface area contributed by atoms with E-state index in [1.807, 2.05) is 13.0 Å². The van der Waals surface area contributed by atoms with E-state index in [0.717, 1.165) is 22.9 Å². The number of allylic oxidation sites excluding steroid dienone is 2. The van der Waals surface area contributed by atoms with Gasteiger partial charge in [0.25, 0.3) is 0 Å². The van der Waals surface area contributed by atoms with Gasteiger partial charge in [-0.05, 0) is 68.7 Å². The average molecular weight is 434 g/mol. The Kier molecular flexibility index (Phi) is 10.2. The average Bonchev–Trinajstić information content (AvgIpc) is 3.16. The molecule has 0 saturated heterocycles. The third kappa shape index (κ3) is 6.89. The molecule has 3 aromatic rings. The molecule has 2 nitrogen and oxygen atoms in total. The molecule has 0 aliphatic heterocycles.